The number of likely N-dealkylation sites (N-methyl/N-ethyl adjacent to an activating group) is 2. The van der Waals surface area contributed by atoms with Crippen molar-refractivity contribution in [1.82, 2.24) is 20.4 Å². The molecule has 10 nitrogen and oxygen atoms in total. The predicted molar refractivity (Wildman–Crippen MR) is 115 cm³/mol. The fourth-order valence-corrected chi connectivity index (χ4v) is 3.42. The maximum Gasteiger partial charge on any atom is 0.246 e. The first kappa shape index (κ1) is 26.6. The molecule has 1 aliphatic heterocycles. The van der Waals surface area contributed by atoms with Gasteiger partial charge in [0, 0.05) is 40.9 Å². The average molecular weight is 441 g/mol. The molecule has 0 unspecified atom stereocenters. The summed E-state index contributed by atoms with van der Waals surface area (Å²) in [5.74, 6) is -1.64. The van der Waals surface area contributed by atoms with E-state index in [0.717, 1.165) is 0 Å². The van der Waals surface area contributed by atoms with Crippen molar-refractivity contribution in [3.63, 3.8) is 0 Å². The molecule has 0 aromatic carbocycles. The third kappa shape index (κ3) is 7.32. The van der Waals surface area contributed by atoms with E-state index in [9.17, 15) is 19.2 Å². The molecule has 1 aliphatic rings. The number of ether oxygens (including phenoxy) is 2. The summed E-state index contributed by atoms with van der Waals surface area (Å²) in [7, 11) is 5.99. The Morgan fingerprint density at radius 1 is 1.13 bits per heavy atom. The summed E-state index contributed by atoms with van der Waals surface area (Å²) < 4.78 is 10.0. The molecule has 0 aromatic heterocycles. The Hall–Kier alpha value is -2.46. The number of nitrogens with zero attached hydrogens (tertiary/aromatic N) is 2. The van der Waals surface area contributed by atoms with Gasteiger partial charge in [0.25, 0.3) is 0 Å². The van der Waals surface area contributed by atoms with Crippen molar-refractivity contribution >= 4 is 23.6 Å². The van der Waals surface area contributed by atoms with E-state index in [1.807, 2.05) is 13.8 Å². The summed E-state index contributed by atoms with van der Waals surface area (Å²) in [4.78, 5) is 53.8. The Morgan fingerprint density at radius 3 is 2.29 bits per heavy atom. The maximum absolute atomic E-state index is 13.2. The molecule has 31 heavy (non-hydrogen) atoms. The van der Waals surface area contributed by atoms with Gasteiger partial charge in [-0.2, -0.15) is 0 Å². The van der Waals surface area contributed by atoms with Crippen LogP contribution >= 0.6 is 0 Å². The largest absolute Gasteiger partial charge is 0.354 e. The number of hydrogen-bond donors (Lipinski definition) is 2. The molecule has 0 aromatic rings. The first-order chi connectivity index (χ1) is 14.5. The van der Waals surface area contributed by atoms with Crippen molar-refractivity contribution in [3.05, 3.63) is 12.2 Å². The third-order valence-electron chi connectivity index (χ3n) is 5.41. The lowest BCUT2D eigenvalue weighted by Gasteiger charge is -2.37. The summed E-state index contributed by atoms with van der Waals surface area (Å²) in [5.41, 5.74) is 0. The molecular weight excluding hydrogens is 404 g/mol. The molecule has 0 spiro atoms. The quantitative estimate of drug-likeness (QED) is 0.440. The molecule has 1 heterocycles. The highest BCUT2D eigenvalue weighted by Gasteiger charge is 2.37. The highest BCUT2D eigenvalue weighted by Crippen LogP contribution is 2.17. The van der Waals surface area contributed by atoms with Crippen LogP contribution in [0.5, 0.6) is 0 Å². The van der Waals surface area contributed by atoms with E-state index in [1.165, 1.54) is 36.2 Å². The Morgan fingerprint density at radius 2 is 1.74 bits per heavy atom. The van der Waals surface area contributed by atoms with E-state index in [2.05, 4.69) is 10.6 Å². The highest BCUT2D eigenvalue weighted by molar-refractivity contribution is 5.96. The van der Waals surface area contributed by atoms with Crippen LogP contribution in [0.2, 0.25) is 0 Å². The second-order valence-electron chi connectivity index (χ2n) is 7.96. The Balaban J connectivity index is 3.14. The van der Waals surface area contributed by atoms with Gasteiger partial charge in [-0.1, -0.05) is 13.8 Å². The summed E-state index contributed by atoms with van der Waals surface area (Å²) in [5, 5.41) is 5.48. The molecule has 3 atom stereocenters. The zero-order valence-electron chi connectivity index (χ0n) is 19.5. The van der Waals surface area contributed by atoms with Gasteiger partial charge in [0.1, 0.15) is 18.1 Å². The van der Waals surface area contributed by atoms with Crippen molar-refractivity contribution in [2.75, 3.05) is 34.9 Å². The van der Waals surface area contributed by atoms with Gasteiger partial charge >= 0.3 is 0 Å². The smallest absolute Gasteiger partial charge is 0.246 e. The van der Waals surface area contributed by atoms with Gasteiger partial charge in [-0.3, -0.25) is 19.2 Å². The van der Waals surface area contributed by atoms with Gasteiger partial charge in [0.2, 0.25) is 23.6 Å². The number of rotatable bonds is 6. The molecule has 2 N–H and O–H groups in total. The lowest BCUT2D eigenvalue weighted by Crippen LogP contribution is -2.59. The van der Waals surface area contributed by atoms with E-state index in [0.29, 0.717) is 19.4 Å². The van der Waals surface area contributed by atoms with Crippen LogP contribution in [0.1, 0.15) is 33.6 Å². The van der Waals surface area contributed by atoms with Crippen molar-refractivity contribution in [1.29, 1.82) is 0 Å². The number of carbonyl (C=O) groups excluding carboxylic acids is 4. The average Bonchev–Trinajstić information content (AvgIpc) is 2.73. The van der Waals surface area contributed by atoms with Crippen LogP contribution in [-0.4, -0.2) is 92.7 Å². The molecule has 1 rings (SSSR count). The van der Waals surface area contributed by atoms with Crippen molar-refractivity contribution < 1.29 is 28.7 Å². The standard InChI is InChI=1S/C21H36N4O6/c1-13(2)18-21(29)24(4)14(3)19(27)22-12-8-9-15(20(28)25(18)5)23-16(26)10-11-17(30-6)31-7/h10-11,13-15,17-18H,8-9,12H2,1-7H3,(H,22,27)(H,23,26)/b11-10+/t14-,15-,18-/m0/s1. The Labute approximate surface area is 184 Å². The number of nitrogens with one attached hydrogen (secondary N) is 2. The molecule has 4 amide bonds. The first-order valence-electron chi connectivity index (χ1n) is 10.4. The lowest BCUT2D eigenvalue weighted by molar-refractivity contribution is -0.150. The van der Waals surface area contributed by atoms with Gasteiger partial charge in [-0.25, -0.2) is 0 Å². The molecule has 176 valence electrons. The summed E-state index contributed by atoms with van der Waals surface area (Å²) >= 11 is 0. The molecule has 0 bridgehead atoms. The number of methoxy groups -OCH3 is 2. The topological polar surface area (TPSA) is 117 Å². The van der Waals surface area contributed by atoms with Gasteiger partial charge in [-0.15, -0.1) is 0 Å². The molecular formula is C21H36N4O6. The minimum Gasteiger partial charge on any atom is -0.354 e. The van der Waals surface area contributed by atoms with Crippen LogP contribution in [0.4, 0.5) is 0 Å². The molecule has 0 aliphatic carbocycles. The number of hydrogen-bond acceptors (Lipinski definition) is 6. The van der Waals surface area contributed by atoms with E-state index in [4.69, 9.17) is 9.47 Å². The predicted octanol–water partition coefficient (Wildman–Crippen LogP) is -0.114. The molecule has 0 saturated carbocycles. The van der Waals surface area contributed by atoms with Gasteiger partial charge in [0.05, 0.1) is 0 Å². The third-order valence-corrected chi connectivity index (χ3v) is 5.41. The monoisotopic (exact) mass is 440 g/mol. The normalized spacial score (nSPS) is 24.4. The van der Waals surface area contributed by atoms with Gasteiger partial charge < -0.3 is 29.9 Å². The number of amides is 4. The van der Waals surface area contributed by atoms with Gasteiger partial charge in [0.15, 0.2) is 6.29 Å². The minimum atomic E-state index is -0.848. The summed E-state index contributed by atoms with van der Waals surface area (Å²) in [6, 6.07) is -2.28. The Kier molecular flexibility index (Phi) is 10.6. The van der Waals surface area contributed by atoms with Crippen molar-refractivity contribution in [3.8, 4) is 0 Å². The number of carbonyl (C=O) groups is 4. The Bertz CT molecular complexity index is 677. The zero-order chi connectivity index (χ0) is 23.7. The van der Waals surface area contributed by atoms with Crippen LogP contribution in [0.15, 0.2) is 12.2 Å². The molecule has 10 heteroatoms. The second-order valence-corrected chi connectivity index (χ2v) is 7.96. The van der Waals surface area contributed by atoms with E-state index < -0.39 is 30.3 Å². The molecule has 1 saturated heterocycles. The van der Waals surface area contributed by atoms with Crippen molar-refractivity contribution in [2.45, 2.75) is 58.0 Å². The zero-order valence-corrected chi connectivity index (χ0v) is 19.5. The lowest BCUT2D eigenvalue weighted by atomic mass is 9.98. The van der Waals surface area contributed by atoms with Crippen molar-refractivity contribution in [2.24, 2.45) is 5.92 Å². The molecule has 1 fully saturated rings. The fourth-order valence-electron chi connectivity index (χ4n) is 3.42. The summed E-state index contributed by atoms with van der Waals surface area (Å²) in [6.45, 7) is 5.65. The van der Waals surface area contributed by atoms with Crippen LogP contribution in [0.25, 0.3) is 0 Å². The van der Waals surface area contributed by atoms with E-state index in [-0.39, 0.29) is 23.6 Å². The van der Waals surface area contributed by atoms with Crippen LogP contribution in [0, 0.1) is 5.92 Å². The van der Waals surface area contributed by atoms with E-state index >= 15 is 0 Å². The van der Waals surface area contributed by atoms with Crippen LogP contribution in [0.3, 0.4) is 0 Å². The van der Waals surface area contributed by atoms with Gasteiger partial charge in [-0.05, 0) is 31.8 Å². The fraction of sp³-hybridized carbons (Fsp3) is 0.714. The minimum absolute atomic E-state index is 0.192. The first-order valence-corrected chi connectivity index (χ1v) is 10.4. The van der Waals surface area contributed by atoms with Crippen LogP contribution < -0.4 is 10.6 Å². The van der Waals surface area contributed by atoms with Crippen LogP contribution in [-0.2, 0) is 28.7 Å². The highest BCUT2D eigenvalue weighted by atomic mass is 16.7. The van der Waals surface area contributed by atoms with E-state index in [1.54, 1.807) is 21.0 Å². The summed E-state index contributed by atoms with van der Waals surface area (Å²) in [6.07, 6.45) is 2.77. The second kappa shape index (κ2) is 12.4. The molecule has 0 radical (unpaired) electrons. The SMILES string of the molecule is COC(/C=C/C(=O)N[C@H]1CCCNC(=O)[C@H](C)N(C)C(=O)[C@H](C(C)C)N(C)C1=O)OC. The maximum atomic E-state index is 13.2.